The van der Waals surface area contributed by atoms with Gasteiger partial charge in [-0.15, -0.1) is 0 Å². The topological polar surface area (TPSA) is 257 Å². The molecule has 0 aromatic carbocycles. The van der Waals surface area contributed by atoms with Crippen molar-refractivity contribution in [2.45, 2.75) is 16.5 Å². The minimum Gasteiger partial charge on any atom is -0.395 e. The standard InChI is InChI=1S/C16H36N4O4.3CHF3O3S.Eu/c21-13-9-17-1-2-18(10-14-22)5-6-20(12-16-24)8-7-19(4-3-17)11-15-23;3*2-1(3,4)8(5,6)7;/h21-24H,1-16H2;3*(H,5,6,7);. The van der Waals surface area contributed by atoms with Gasteiger partial charge in [-0.05, 0) is 0 Å². The van der Waals surface area contributed by atoms with Gasteiger partial charge in [-0.3, -0.25) is 33.3 Å². The first kappa shape index (κ1) is 56.1. The Morgan fingerprint density at radius 3 is 0.551 bits per heavy atom. The molecule has 0 aromatic rings. The molecule has 1 heterocycles. The summed E-state index contributed by atoms with van der Waals surface area (Å²) in [5, 5.41) is 37.0. The van der Waals surface area contributed by atoms with Crippen molar-refractivity contribution in [3.05, 3.63) is 0 Å². The van der Waals surface area contributed by atoms with Gasteiger partial charge in [0.25, 0.3) is 0 Å². The van der Waals surface area contributed by atoms with Crippen LogP contribution in [0.1, 0.15) is 0 Å². The van der Waals surface area contributed by atoms with Gasteiger partial charge in [0, 0.05) is 128 Å². The van der Waals surface area contributed by atoms with E-state index in [1.165, 1.54) is 0 Å². The summed E-state index contributed by atoms with van der Waals surface area (Å²) in [4.78, 5) is 8.95. The van der Waals surface area contributed by atoms with E-state index in [4.69, 9.17) is 38.9 Å². The second-order valence-corrected chi connectivity index (χ2v) is 13.3. The molecule has 7 N–H and O–H groups in total. The third-order valence-electron chi connectivity index (χ3n) is 5.47. The van der Waals surface area contributed by atoms with Crippen LogP contribution in [0.5, 0.6) is 0 Å². The number of rotatable bonds is 8. The third kappa shape index (κ3) is 29.5. The molecule has 0 saturated carbocycles. The van der Waals surface area contributed by atoms with Gasteiger partial charge >= 0.3 is 46.9 Å². The fourth-order valence-electron chi connectivity index (χ4n) is 3.04. The van der Waals surface area contributed by atoms with Gasteiger partial charge in [-0.25, -0.2) is 0 Å². The number of alkyl halides is 9. The van der Waals surface area contributed by atoms with Gasteiger partial charge in [0.2, 0.25) is 0 Å². The smallest absolute Gasteiger partial charge is 0.395 e. The fraction of sp³-hybridized carbons (Fsp3) is 1.00. The maximum Gasteiger partial charge on any atom is 0.522 e. The summed E-state index contributed by atoms with van der Waals surface area (Å²) < 4.78 is 173. The minimum atomic E-state index is -5.84. The van der Waals surface area contributed by atoms with E-state index in [0.717, 1.165) is 52.4 Å². The van der Waals surface area contributed by atoms with E-state index in [1.807, 2.05) is 0 Å². The number of halogens is 9. The van der Waals surface area contributed by atoms with Gasteiger partial charge in [0.1, 0.15) is 0 Å². The summed E-state index contributed by atoms with van der Waals surface area (Å²) in [5.74, 6) is 0. The number of nitrogens with zero attached hydrogens (tertiary/aromatic N) is 4. The second-order valence-electron chi connectivity index (χ2n) is 9.02. The van der Waals surface area contributed by atoms with E-state index in [0.29, 0.717) is 26.2 Å². The SMILES string of the molecule is O=S(=O)(O)C(F)(F)F.O=S(=O)(O)C(F)(F)F.O=S(=O)(O)C(F)(F)F.OCCN1CCN(CCO)CCN(CCO)CCN(CCO)CC1.[Eu]. The molecule has 0 unspecified atom stereocenters. The molecule has 1 saturated heterocycles. The van der Waals surface area contributed by atoms with Gasteiger partial charge in [-0.1, -0.05) is 0 Å². The number of hydrogen-bond acceptors (Lipinski definition) is 14. The molecule has 1 rings (SSSR count). The molecule has 30 heteroatoms. The molecular formula is C19H39EuF9N4O13S3. The predicted octanol–water partition coefficient (Wildman–Crippen LogP) is -1.64. The Kier molecular flexibility index (Phi) is 30.0. The average Bonchev–Trinajstić information content (AvgIpc) is 2.88. The quantitative estimate of drug-likeness (QED) is 0.0818. The molecule has 0 amide bonds. The van der Waals surface area contributed by atoms with Gasteiger partial charge in [0.15, 0.2) is 0 Å². The Morgan fingerprint density at radius 2 is 0.490 bits per heavy atom. The Bertz CT molecular complexity index is 1010. The van der Waals surface area contributed by atoms with E-state index in [1.54, 1.807) is 0 Å². The number of hydrogen-bond donors (Lipinski definition) is 7. The summed E-state index contributed by atoms with van der Waals surface area (Å²) in [6.07, 6.45) is 0. The Labute approximate surface area is 317 Å². The van der Waals surface area contributed by atoms with Crippen LogP contribution in [0.4, 0.5) is 39.5 Å². The van der Waals surface area contributed by atoms with Crippen molar-refractivity contribution >= 4 is 30.4 Å². The summed E-state index contributed by atoms with van der Waals surface area (Å²) in [6.45, 7) is 10.0. The van der Waals surface area contributed by atoms with Crippen LogP contribution in [0.3, 0.4) is 0 Å². The van der Waals surface area contributed by atoms with Crippen molar-refractivity contribution in [3.8, 4) is 0 Å². The molecular weight excluding hydrogens is 911 g/mol. The maximum atomic E-state index is 10.7. The van der Waals surface area contributed by atoms with Crippen molar-refractivity contribution in [3.63, 3.8) is 0 Å². The molecule has 1 fully saturated rings. The zero-order valence-electron chi connectivity index (χ0n) is 25.2. The van der Waals surface area contributed by atoms with Gasteiger partial charge < -0.3 is 20.4 Å². The summed E-state index contributed by atoms with van der Waals surface area (Å²) in [7, 11) is -17.5. The Morgan fingerprint density at radius 1 is 0.388 bits per heavy atom. The Hall–Kier alpha value is 0.364. The van der Waals surface area contributed by atoms with Gasteiger partial charge in [-0.2, -0.15) is 64.8 Å². The van der Waals surface area contributed by atoms with Crippen LogP contribution in [-0.2, 0) is 30.4 Å². The molecule has 0 aliphatic carbocycles. The predicted molar refractivity (Wildman–Crippen MR) is 147 cm³/mol. The first-order chi connectivity index (χ1) is 21.5. The molecule has 301 valence electrons. The molecule has 0 aromatic heterocycles. The largest absolute Gasteiger partial charge is 0.522 e. The van der Waals surface area contributed by atoms with E-state index in [-0.39, 0.29) is 75.8 Å². The van der Waals surface area contributed by atoms with Crippen LogP contribution >= 0.6 is 0 Å². The first-order valence-electron chi connectivity index (χ1n) is 12.9. The number of aliphatic hydroxyl groups excluding tert-OH is 4. The Balaban J connectivity index is -0.000000331. The van der Waals surface area contributed by atoms with Crippen LogP contribution in [0.25, 0.3) is 0 Å². The van der Waals surface area contributed by atoms with E-state index >= 15 is 0 Å². The molecule has 0 atom stereocenters. The minimum absolute atomic E-state index is 0. The fourth-order valence-corrected chi connectivity index (χ4v) is 3.04. The summed E-state index contributed by atoms with van der Waals surface area (Å²) in [6, 6.07) is 0. The number of β-amino-alcohol motifs (C(OH)–C–C–N with tert-alkyl or cyclic N) is 4. The zero-order valence-corrected chi connectivity index (χ0v) is 30.1. The first-order valence-corrected chi connectivity index (χ1v) is 17.2. The third-order valence-corrected chi connectivity index (χ3v) is 7.23. The van der Waals surface area contributed by atoms with Crippen LogP contribution in [0.15, 0.2) is 0 Å². The summed E-state index contributed by atoms with van der Waals surface area (Å²) in [5.41, 5.74) is -16.6. The monoisotopic (exact) mass is 951 g/mol. The molecule has 0 spiro atoms. The average molecular weight is 951 g/mol. The van der Waals surface area contributed by atoms with Crippen LogP contribution < -0.4 is 0 Å². The van der Waals surface area contributed by atoms with Crippen molar-refractivity contribution < 1.29 is 148 Å². The van der Waals surface area contributed by atoms with Crippen LogP contribution in [0.2, 0.25) is 0 Å². The van der Waals surface area contributed by atoms with Gasteiger partial charge in [0.05, 0.1) is 26.4 Å². The van der Waals surface area contributed by atoms with Crippen molar-refractivity contribution in [2.24, 2.45) is 0 Å². The van der Waals surface area contributed by atoms with E-state index in [9.17, 15) is 59.9 Å². The molecule has 1 aliphatic rings. The van der Waals surface area contributed by atoms with Crippen molar-refractivity contribution in [1.82, 2.24) is 19.6 Å². The normalized spacial score (nSPS) is 17.4. The van der Waals surface area contributed by atoms with E-state index in [2.05, 4.69) is 19.6 Å². The van der Waals surface area contributed by atoms with Crippen molar-refractivity contribution in [1.29, 1.82) is 0 Å². The molecule has 1 radical (unpaired) electrons. The van der Waals surface area contributed by atoms with Crippen LogP contribution in [0, 0.1) is 49.4 Å². The number of aliphatic hydroxyl groups is 4. The van der Waals surface area contributed by atoms with E-state index < -0.39 is 46.9 Å². The summed E-state index contributed by atoms with van der Waals surface area (Å²) >= 11 is 0. The zero-order chi connectivity index (χ0) is 38.6. The van der Waals surface area contributed by atoms with Crippen molar-refractivity contribution in [2.75, 3.05) is 105 Å². The van der Waals surface area contributed by atoms with Crippen LogP contribution in [-0.4, -0.2) is 200 Å². The second kappa shape index (κ2) is 26.2. The molecule has 49 heavy (non-hydrogen) atoms. The molecule has 17 nitrogen and oxygen atoms in total. The molecule has 1 aliphatic heterocycles. The molecule has 0 bridgehead atoms. The maximum absolute atomic E-state index is 10.7.